The summed E-state index contributed by atoms with van der Waals surface area (Å²) < 4.78 is 13.7. The van der Waals surface area contributed by atoms with Crippen LogP contribution in [0.4, 0.5) is 10.1 Å². The van der Waals surface area contributed by atoms with E-state index < -0.39 is 17.8 Å². The highest BCUT2D eigenvalue weighted by atomic mass is 32.1. The molecular weight excluding hydrogens is 465 g/mol. The van der Waals surface area contributed by atoms with E-state index in [1.807, 2.05) is 31.2 Å². The lowest BCUT2D eigenvalue weighted by Crippen LogP contribution is -2.49. The van der Waals surface area contributed by atoms with E-state index in [0.717, 1.165) is 31.2 Å². The highest BCUT2D eigenvalue weighted by molar-refractivity contribution is 7.12. The molecule has 8 heteroatoms. The molecular formula is C27H28FN3O3S. The van der Waals surface area contributed by atoms with Crippen molar-refractivity contribution < 1.29 is 18.8 Å². The summed E-state index contributed by atoms with van der Waals surface area (Å²) in [5, 5.41) is 7.55. The third kappa shape index (κ3) is 5.95. The van der Waals surface area contributed by atoms with Crippen molar-refractivity contribution >= 4 is 34.7 Å². The molecule has 1 aromatic heterocycles. The molecule has 3 aromatic rings. The van der Waals surface area contributed by atoms with E-state index in [2.05, 4.69) is 10.6 Å². The van der Waals surface area contributed by atoms with E-state index in [1.165, 1.54) is 40.5 Å². The molecule has 1 heterocycles. The van der Waals surface area contributed by atoms with E-state index in [4.69, 9.17) is 0 Å². The number of anilines is 1. The van der Waals surface area contributed by atoms with Crippen LogP contribution in [-0.4, -0.2) is 30.3 Å². The normalized spacial score (nSPS) is 14.3. The van der Waals surface area contributed by atoms with Gasteiger partial charge in [-0.05, 0) is 66.6 Å². The SMILES string of the molecule is Cc1ccccc1[C@H](C(=O)NC1CCCC1)N(C(=O)CNC(=O)c1cccs1)c1ccc(F)cc1. The molecule has 2 N–H and O–H groups in total. The smallest absolute Gasteiger partial charge is 0.261 e. The minimum Gasteiger partial charge on any atom is -0.351 e. The summed E-state index contributed by atoms with van der Waals surface area (Å²) in [5.41, 5.74) is 1.89. The number of thiophene rings is 1. The highest BCUT2D eigenvalue weighted by Crippen LogP contribution is 2.31. The maximum atomic E-state index is 13.7. The maximum absolute atomic E-state index is 13.7. The van der Waals surface area contributed by atoms with Gasteiger partial charge in [0.1, 0.15) is 11.9 Å². The average Bonchev–Trinajstić information content (AvgIpc) is 3.57. The molecule has 182 valence electrons. The Kier molecular flexibility index (Phi) is 7.92. The van der Waals surface area contributed by atoms with Gasteiger partial charge in [0.25, 0.3) is 5.91 Å². The Morgan fingerprint density at radius 2 is 1.74 bits per heavy atom. The number of carbonyl (C=O) groups is 3. The number of rotatable bonds is 8. The number of amides is 3. The van der Waals surface area contributed by atoms with Crippen LogP contribution in [0.25, 0.3) is 0 Å². The Morgan fingerprint density at radius 1 is 1.03 bits per heavy atom. The monoisotopic (exact) mass is 493 g/mol. The standard InChI is InChI=1S/C27H28FN3O3S/c1-18-7-2-5-10-22(18)25(27(34)30-20-8-3-4-9-20)31(21-14-12-19(28)13-15-21)24(32)17-29-26(33)23-11-6-16-35-23/h2,5-7,10-16,20,25H,3-4,8-9,17H2,1H3,(H,29,33)(H,30,34)/t25-/m1/s1. The summed E-state index contributed by atoms with van der Waals surface area (Å²) in [5.74, 6) is -1.59. The second kappa shape index (κ2) is 11.3. The van der Waals surface area contributed by atoms with Crippen molar-refractivity contribution in [2.45, 2.75) is 44.7 Å². The van der Waals surface area contributed by atoms with Gasteiger partial charge in [-0.2, -0.15) is 0 Å². The van der Waals surface area contributed by atoms with Gasteiger partial charge in [0.05, 0.1) is 11.4 Å². The third-order valence-electron chi connectivity index (χ3n) is 6.21. The van der Waals surface area contributed by atoms with E-state index >= 15 is 0 Å². The van der Waals surface area contributed by atoms with Gasteiger partial charge < -0.3 is 10.6 Å². The van der Waals surface area contributed by atoms with Crippen LogP contribution in [0.2, 0.25) is 0 Å². The maximum Gasteiger partial charge on any atom is 0.261 e. The minimum absolute atomic E-state index is 0.0534. The second-order valence-corrected chi connectivity index (χ2v) is 9.60. The molecule has 1 saturated carbocycles. The first-order chi connectivity index (χ1) is 16.9. The molecule has 6 nitrogen and oxygen atoms in total. The second-order valence-electron chi connectivity index (χ2n) is 8.65. The summed E-state index contributed by atoms with van der Waals surface area (Å²) in [6.07, 6.45) is 3.89. The van der Waals surface area contributed by atoms with Crippen molar-refractivity contribution in [1.29, 1.82) is 0 Å². The van der Waals surface area contributed by atoms with Crippen LogP contribution < -0.4 is 15.5 Å². The zero-order valence-electron chi connectivity index (χ0n) is 19.5. The van der Waals surface area contributed by atoms with Gasteiger partial charge in [-0.3, -0.25) is 19.3 Å². The van der Waals surface area contributed by atoms with E-state index in [1.54, 1.807) is 17.5 Å². The quantitative estimate of drug-likeness (QED) is 0.475. The topological polar surface area (TPSA) is 78.5 Å². The van der Waals surface area contributed by atoms with Crippen LogP contribution >= 0.6 is 11.3 Å². The van der Waals surface area contributed by atoms with Crippen LogP contribution in [0.5, 0.6) is 0 Å². The number of nitrogens with zero attached hydrogens (tertiary/aromatic N) is 1. The van der Waals surface area contributed by atoms with Crippen molar-refractivity contribution in [3.8, 4) is 0 Å². The van der Waals surface area contributed by atoms with Crippen LogP contribution in [0, 0.1) is 12.7 Å². The molecule has 0 unspecified atom stereocenters. The first-order valence-corrected chi connectivity index (χ1v) is 12.6. The Morgan fingerprint density at radius 3 is 2.40 bits per heavy atom. The van der Waals surface area contributed by atoms with Gasteiger partial charge in [0.2, 0.25) is 11.8 Å². The van der Waals surface area contributed by atoms with Crippen molar-refractivity contribution in [3.63, 3.8) is 0 Å². The Balaban J connectivity index is 1.69. The van der Waals surface area contributed by atoms with Gasteiger partial charge in [-0.15, -0.1) is 11.3 Å². The van der Waals surface area contributed by atoms with Crippen molar-refractivity contribution in [1.82, 2.24) is 10.6 Å². The molecule has 0 saturated heterocycles. The molecule has 3 amide bonds. The molecule has 4 rings (SSSR count). The number of carbonyl (C=O) groups excluding carboxylic acids is 3. The minimum atomic E-state index is -0.978. The van der Waals surface area contributed by atoms with Crippen molar-refractivity contribution in [2.75, 3.05) is 11.4 Å². The van der Waals surface area contributed by atoms with Crippen molar-refractivity contribution in [2.24, 2.45) is 0 Å². The zero-order valence-corrected chi connectivity index (χ0v) is 20.3. The fraction of sp³-hybridized carbons (Fsp3) is 0.296. The molecule has 0 radical (unpaired) electrons. The number of hydrogen-bond acceptors (Lipinski definition) is 4. The number of hydrogen-bond donors (Lipinski definition) is 2. The largest absolute Gasteiger partial charge is 0.351 e. The fourth-order valence-electron chi connectivity index (χ4n) is 4.42. The molecule has 1 fully saturated rings. The lowest BCUT2D eigenvalue weighted by atomic mass is 9.97. The average molecular weight is 494 g/mol. The Hall–Kier alpha value is -3.52. The number of halogens is 1. The predicted molar refractivity (Wildman–Crippen MR) is 135 cm³/mol. The van der Waals surface area contributed by atoms with E-state index in [-0.39, 0.29) is 24.4 Å². The molecule has 1 aliphatic rings. The summed E-state index contributed by atoms with van der Waals surface area (Å²) >= 11 is 1.27. The Bertz CT molecular complexity index is 1170. The van der Waals surface area contributed by atoms with Crippen LogP contribution in [0.1, 0.15) is 52.5 Å². The van der Waals surface area contributed by atoms with E-state index in [0.29, 0.717) is 16.1 Å². The molecule has 0 aliphatic heterocycles. The molecule has 35 heavy (non-hydrogen) atoms. The lowest BCUT2D eigenvalue weighted by molar-refractivity contribution is -0.126. The summed E-state index contributed by atoms with van der Waals surface area (Å²) in [4.78, 5) is 41.6. The van der Waals surface area contributed by atoms with E-state index in [9.17, 15) is 18.8 Å². The van der Waals surface area contributed by atoms with Crippen LogP contribution in [-0.2, 0) is 9.59 Å². The summed E-state index contributed by atoms with van der Waals surface area (Å²) in [7, 11) is 0. The van der Waals surface area contributed by atoms with Gasteiger partial charge in [0, 0.05) is 11.7 Å². The molecule has 2 aromatic carbocycles. The van der Waals surface area contributed by atoms with Crippen LogP contribution in [0.15, 0.2) is 66.0 Å². The number of aryl methyl sites for hydroxylation is 1. The summed E-state index contributed by atoms with van der Waals surface area (Å²) in [6, 6.07) is 15.4. The van der Waals surface area contributed by atoms with Gasteiger partial charge >= 0.3 is 0 Å². The first kappa shape index (κ1) is 24.6. The predicted octanol–water partition coefficient (Wildman–Crippen LogP) is 4.76. The molecule has 1 aliphatic carbocycles. The number of benzene rings is 2. The van der Waals surface area contributed by atoms with Crippen LogP contribution in [0.3, 0.4) is 0 Å². The van der Waals surface area contributed by atoms with Crippen molar-refractivity contribution in [3.05, 3.63) is 87.9 Å². The molecule has 1 atom stereocenters. The first-order valence-electron chi connectivity index (χ1n) is 11.7. The molecule has 0 bridgehead atoms. The third-order valence-corrected chi connectivity index (χ3v) is 7.08. The Labute approximate surface area is 208 Å². The van der Waals surface area contributed by atoms with Gasteiger partial charge in [-0.25, -0.2) is 4.39 Å². The fourth-order valence-corrected chi connectivity index (χ4v) is 5.06. The number of nitrogens with one attached hydrogen (secondary N) is 2. The lowest BCUT2D eigenvalue weighted by Gasteiger charge is -2.33. The van der Waals surface area contributed by atoms with Gasteiger partial charge in [0.15, 0.2) is 0 Å². The zero-order chi connectivity index (χ0) is 24.8. The highest BCUT2D eigenvalue weighted by Gasteiger charge is 2.35. The van der Waals surface area contributed by atoms with Gasteiger partial charge in [-0.1, -0.05) is 43.2 Å². The molecule has 0 spiro atoms. The summed E-state index contributed by atoms with van der Waals surface area (Å²) in [6.45, 7) is 1.57.